The number of pyridine rings is 1. The number of hydrogen-bond donors (Lipinski definition) is 2. The van der Waals surface area contributed by atoms with Crippen molar-refractivity contribution in [3.05, 3.63) is 72.2 Å². The van der Waals surface area contributed by atoms with E-state index in [2.05, 4.69) is 20.6 Å². The van der Waals surface area contributed by atoms with E-state index >= 15 is 0 Å². The molecule has 8 nitrogen and oxygen atoms in total. The van der Waals surface area contributed by atoms with Crippen molar-refractivity contribution in [1.29, 1.82) is 0 Å². The van der Waals surface area contributed by atoms with Gasteiger partial charge in [0.25, 0.3) is 5.91 Å². The summed E-state index contributed by atoms with van der Waals surface area (Å²) in [6, 6.07) is 12.6. The van der Waals surface area contributed by atoms with E-state index in [4.69, 9.17) is 5.11 Å². The van der Waals surface area contributed by atoms with Crippen LogP contribution < -0.4 is 5.43 Å². The molecule has 2 N–H and O–H groups in total. The monoisotopic (exact) mass is 363 g/mol. The zero-order valence-electron chi connectivity index (χ0n) is 14.3. The Bertz CT molecular complexity index is 952. The zero-order chi connectivity index (χ0) is 19.1. The molecule has 0 aliphatic carbocycles. The number of aromatic nitrogens is 3. The van der Waals surface area contributed by atoms with Gasteiger partial charge in [0.05, 0.1) is 19.2 Å². The van der Waals surface area contributed by atoms with Gasteiger partial charge < -0.3 is 5.11 Å². The second-order valence-electron chi connectivity index (χ2n) is 5.64. The first-order valence-corrected chi connectivity index (χ1v) is 8.21. The first kappa shape index (κ1) is 18.0. The van der Waals surface area contributed by atoms with Gasteiger partial charge in [-0.2, -0.15) is 10.2 Å². The summed E-state index contributed by atoms with van der Waals surface area (Å²) < 4.78 is 1.56. The second-order valence-corrected chi connectivity index (χ2v) is 5.64. The van der Waals surface area contributed by atoms with Gasteiger partial charge >= 0.3 is 5.97 Å². The molecule has 0 spiro atoms. The number of carbonyl (C=O) groups is 2. The molecular formula is C19H17N5O3. The van der Waals surface area contributed by atoms with Crippen LogP contribution >= 0.6 is 0 Å². The Hall–Kier alpha value is -3.81. The number of carbonyl (C=O) groups excluding carboxylic acids is 1. The third kappa shape index (κ3) is 4.85. The SMILES string of the molecule is O=C(O)CCn1cc(C=NNC(=O)c2ccncc2)c(-c2ccccc2)n1. The number of hydrazone groups is 1. The van der Waals surface area contributed by atoms with Crippen molar-refractivity contribution in [2.24, 2.45) is 5.10 Å². The molecule has 27 heavy (non-hydrogen) atoms. The first-order valence-electron chi connectivity index (χ1n) is 8.21. The third-order valence-corrected chi connectivity index (χ3v) is 3.70. The van der Waals surface area contributed by atoms with E-state index in [9.17, 15) is 9.59 Å². The molecule has 0 atom stereocenters. The van der Waals surface area contributed by atoms with Gasteiger partial charge in [-0.15, -0.1) is 0 Å². The molecule has 3 rings (SSSR count). The van der Waals surface area contributed by atoms with Crippen LogP contribution in [0.1, 0.15) is 22.3 Å². The Morgan fingerprint density at radius 2 is 1.89 bits per heavy atom. The minimum absolute atomic E-state index is 0.0364. The number of nitrogens with one attached hydrogen (secondary N) is 1. The summed E-state index contributed by atoms with van der Waals surface area (Å²) in [5.41, 5.74) is 5.10. The Labute approximate surface area is 155 Å². The molecular weight excluding hydrogens is 346 g/mol. The maximum Gasteiger partial charge on any atom is 0.305 e. The lowest BCUT2D eigenvalue weighted by atomic mass is 10.1. The average Bonchev–Trinajstić information content (AvgIpc) is 3.11. The van der Waals surface area contributed by atoms with Gasteiger partial charge in [-0.1, -0.05) is 30.3 Å². The topological polar surface area (TPSA) is 109 Å². The molecule has 0 aliphatic heterocycles. The standard InChI is InChI=1S/C19H17N5O3/c25-17(26)8-11-24-13-16(18(23-24)14-4-2-1-3-5-14)12-21-22-19(27)15-6-9-20-10-7-15/h1-7,9-10,12-13H,8,11H2,(H,22,27)(H,25,26). The molecule has 1 aromatic carbocycles. The molecule has 0 fully saturated rings. The molecule has 0 unspecified atom stereocenters. The van der Waals surface area contributed by atoms with Crippen molar-refractivity contribution in [2.45, 2.75) is 13.0 Å². The van der Waals surface area contributed by atoms with Crippen molar-refractivity contribution in [3.8, 4) is 11.3 Å². The van der Waals surface area contributed by atoms with Crippen LogP contribution in [-0.4, -0.2) is 38.0 Å². The van der Waals surface area contributed by atoms with E-state index in [0.29, 0.717) is 16.8 Å². The summed E-state index contributed by atoms with van der Waals surface area (Å²) in [4.78, 5) is 26.7. The number of benzene rings is 1. The highest BCUT2D eigenvalue weighted by Gasteiger charge is 2.11. The Kier molecular flexibility index (Phi) is 5.68. The van der Waals surface area contributed by atoms with Crippen molar-refractivity contribution in [2.75, 3.05) is 0 Å². The quantitative estimate of drug-likeness (QED) is 0.494. The molecule has 0 saturated heterocycles. The second kappa shape index (κ2) is 8.52. The fourth-order valence-electron chi connectivity index (χ4n) is 2.40. The minimum Gasteiger partial charge on any atom is -0.481 e. The lowest BCUT2D eigenvalue weighted by molar-refractivity contribution is -0.137. The predicted molar refractivity (Wildman–Crippen MR) is 99.2 cm³/mol. The number of aliphatic carboxylic acids is 1. The van der Waals surface area contributed by atoms with E-state index in [1.165, 1.54) is 18.6 Å². The smallest absolute Gasteiger partial charge is 0.305 e. The summed E-state index contributed by atoms with van der Waals surface area (Å²) in [6.45, 7) is 0.242. The highest BCUT2D eigenvalue weighted by atomic mass is 16.4. The predicted octanol–water partition coefficient (Wildman–Crippen LogP) is 2.18. The van der Waals surface area contributed by atoms with E-state index in [-0.39, 0.29) is 18.9 Å². The molecule has 2 aromatic heterocycles. The largest absolute Gasteiger partial charge is 0.481 e. The van der Waals surface area contributed by atoms with Crippen LogP contribution in [0, 0.1) is 0 Å². The number of carboxylic acid groups (broad SMARTS) is 1. The van der Waals surface area contributed by atoms with Crippen molar-refractivity contribution in [1.82, 2.24) is 20.2 Å². The molecule has 1 amide bonds. The molecule has 2 heterocycles. The Balaban J connectivity index is 1.80. The van der Waals surface area contributed by atoms with Crippen LogP contribution in [0.2, 0.25) is 0 Å². The normalized spacial score (nSPS) is 10.8. The Morgan fingerprint density at radius 3 is 2.59 bits per heavy atom. The van der Waals surface area contributed by atoms with Gasteiger partial charge in [-0.05, 0) is 12.1 Å². The number of amides is 1. The molecule has 0 saturated carbocycles. The fraction of sp³-hybridized carbons (Fsp3) is 0.105. The molecule has 0 aliphatic rings. The van der Waals surface area contributed by atoms with Crippen LogP contribution in [0.4, 0.5) is 0 Å². The van der Waals surface area contributed by atoms with Crippen LogP contribution in [0.15, 0.2) is 66.2 Å². The first-order chi connectivity index (χ1) is 13.1. The van der Waals surface area contributed by atoms with Gasteiger partial charge in [0.1, 0.15) is 5.69 Å². The van der Waals surface area contributed by atoms with E-state index in [1.807, 2.05) is 30.3 Å². The average molecular weight is 363 g/mol. The number of rotatable bonds is 7. The highest BCUT2D eigenvalue weighted by molar-refractivity contribution is 5.95. The van der Waals surface area contributed by atoms with Crippen LogP contribution in [0.25, 0.3) is 11.3 Å². The number of aryl methyl sites for hydroxylation is 1. The molecule has 8 heteroatoms. The van der Waals surface area contributed by atoms with E-state index in [1.54, 1.807) is 23.0 Å². The molecule has 0 radical (unpaired) electrons. The van der Waals surface area contributed by atoms with Gasteiger partial charge in [0, 0.05) is 35.3 Å². The zero-order valence-corrected chi connectivity index (χ0v) is 14.3. The third-order valence-electron chi connectivity index (χ3n) is 3.70. The number of nitrogens with zero attached hydrogens (tertiary/aromatic N) is 4. The summed E-state index contributed by atoms with van der Waals surface area (Å²) in [5.74, 6) is -1.25. The van der Waals surface area contributed by atoms with Crippen LogP contribution in [0.3, 0.4) is 0 Å². The van der Waals surface area contributed by atoms with Crippen LogP contribution in [0.5, 0.6) is 0 Å². The summed E-state index contributed by atoms with van der Waals surface area (Å²) in [7, 11) is 0. The summed E-state index contributed by atoms with van der Waals surface area (Å²) >= 11 is 0. The molecule has 0 bridgehead atoms. The number of carboxylic acids is 1. The summed E-state index contributed by atoms with van der Waals surface area (Å²) in [5, 5.41) is 17.3. The van der Waals surface area contributed by atoms with Gasteiger partial charge in [-0.25, -0.2) is 5.43 Å². The highest BCUT2D eigenvalue weighted by Crippen LogP contribution is 2.20. The number of hydrogen-bond acceptors (Lipinski definition) is 5. The van der Waals surface area contributed by atoms with E-state index < -0.39 is 5.97 Å². The van der Waals surface area contributed by atoms with E-state index in [0.717, 1.165) is 5.56 Å². The Morgan fingerprint density at radius 1 is 1.15 bits per heavy atom. The fourth-order valence-corrected chi connectivity index (χ4v) is 2.40. The molecule has 136 valence electrons. The van der Waals surface area contributed by atoms with Gasteiger partial charge in [0.15, 0.2) is 0 Å². The van der Waals surface area contributed by atoms with Gasteiger partial charge in [0.2, 0.25) is 0 Å². The van der Waals surface area contributed by atoms with Crippen LogP contribution in [-0.2, 0) is 11.3 Å². The van der Waals surface area contributed by atoms with Gasteiger partial charge in [-0.3, -0.25) is 19.3 Å². The lowest BCUT2D eigenvalue weighted by Gasteiger charge is -1.99. The lowest BCUT2D eigenvalue weighted by Crippen LogP contribution is -2.17. The van der Waals surface area contributed by atoms with Crippen molar-refractivity contribution in [3.63, 3.8) is 0 Å². The maximum absolute atomic E-state index is 12.0. The summed E-state index contributed by atoms with van der Waals surface area (Å²) in [6.07, 6.45) is 6.21. The van der Waals surface area contributed by atoms with Crippen molar-refractivity contribution < 1.29 is 14.7 Å². The molecule has 3 aromatic rings. The minimum atomic E-state index is -0.897. The maximum atomic E-state index is 12.0. The van der Waals surface area contributed by atoms with Crippen molar-refractivity contribution >= 4 is 18.1 Å².